The summed E-state index contributed by atoms with van der Waals surface area (Å²) in [5.41, 5.74) is 4.14. The monoisotopic (exact) mass is 352 g/mol. The van der Waals surface area contributed by atoms with Crippen LogP contribution in [0.1, 0.15) is 0 Å². The summed E-state index contributed by atoms with van der Waals surface area (Å²) in [6.07, 6.45) is 0. The number of nitrogens with zero attached hydrogens (tertiary/aromatic N) is 4. The minimum Gasteiger partial charge on any atom is -0.378 e. The van der Waals surface area contributed by atoms with E-state index in [1.54, 1.807) is 0 Å². The first-order valence-corrected chi connectivity index (χ1v) is 9.16. The van der Waals surface area contributed by atoms with Crippen LogP contribution in [0, 0.1) is 0 Å². The van der Waals surface area contributed by atoms with Gasteiger partial charge in [-0.1, -0.05) is 0 Å². The number of anilines is 2. The van der Waals surface area contributed by atoms with E-state index in [0.29, 0.717) is 0 Å². The second-order valence-electron chi connectivity index (χ2n) is 6.43. The van der Waals surface area contributed by atoms with Gasteiger partial charge in [0.15, 0.2) is 0 Å². The van der Waals surface area contributed by atoms with Gasteiger partial charge in [-0.2, -0.15) is 10.2 Å². The molecule has 6 heteroatoms. The van der Waals surface area contributed by atoms with Crippen molar-refractivity contribution in [2.45, 2.75) is 0 Å². The Balaban J connectivity index is 1.37. The van der Waals surface area contributed by atoms with Crippen molar-refractivity contribution < 1.29 is 9.47 Å². The Hall–Kier alpha value is -2.44. The maximum atomic E-state index is 5.40. The maximum absolute atomic E-state index is 5.40. The lowest BCUT2D eigenvalue weighted by Crippen LogP contribution is -2.36. The number of azo groups is 1. The fraction of sp³-hybridized carbons (Fsp3) is 0.400. The zero-order valence-corrected chi connectivity index (χ0v) is 14.9. The molecule has 0 aromatic heterocycles. The number of morpholine rings is 2. The van der Waals surface area contributed by atoms with Gasteiger partial charge in [0.1, 0.15) is 0 Å². The molecule has 136 valence electrons. The van der Waals surface area contributed by atoms with Gasteiger partial charge in [0, 0.05) is 37.6 Å². The number of benzene rings is 2. The van der Waals surface area contributed by atoms with Crippen LogP contribution < -0.4 is 9.80 Å². The van der Waals surface area contributed by atoms with Gasteiger partial charge in [-0.3, -0.25) is 0 Å². The zero-order valence-electron chi connectivity index (χ0n) is 14.9. The van der Waals surface area contributed by atoms with Crippen LogP contribution in [-0.2, 0) is 9.47 Å². The van der Waals surface area contributed by atoms with E-state index in [2.05, 4.69) is 44.3 Å². The summed E-state index contributed by atoms with van der Waals surface area (Å²) in [6.45, 7) is 6.94. The highest BCUT2D eigenvalue weighted by Crippen LogP contribution is 2.24. The average Bonchev–Trinajstić information content (AvgIpc) is 2.74. The van der Waals surface area contributed by atoms with E-state index in [-0.39, 0.29) is 0 Å². The third-order valence-corrected chi connectivity index (χ3v) is 4.73. The molecule has 0 N–H and O–H groups in total. The Bertz CT molecular complexity index is 655. The van der Waals surface area contributed by atoms with Crippen molar-refractivity contribution in [3.8, 4) is 0 Å². The van der Waals surface area contributed by atoms with Crippen molar-refractivity contribution in [2.24, 2.45) is 10.2 Å². The highest BCUT2D eigenvalue weighted by molar-refractivity contribution is 5.54. The van der Waals surface area contributed by atoms with E-state index in [1.165, 1.54) is 11.4 Å². The normalized spacial score (nSPS) is 18.5. The van der Waals surface area contributed by atoms with Crippen LogP contribution in [0.2, 0.25) is 0 Å². The Morgan fingerprint density at radius 3 is 1.23 bits per heavy atom. The summed E-state index contributed by atoms with van der Waals surface area (Å²) in [5.74, 6) is 0. The number of hydrogen-bond acceptors (Lipinski definition) is 6. The molecule has 2 heterocycles. The van der Waals surface area contributed by atoms with Crippen LogP contribution in [-0.4, -0.2) is 52.6 Å². The lowest BCUT2D eigenvalue weighted by atomic mass is 10.2. The standard InChI is InChI=1S/C20H24N4O2/c1-5-19(23-9-13-25-14-10-23)6-2-17(1)21-22-18-3-7-20(8-4-18)24-11-15-26-16-12-24/h1-8H,9-16H2. The van der Waals surface area contributed by atoms with E-state index in [4.69, 9.17) is 9.47 Å². The molecule has 6 nitrogen and oxygen atoms in total. The molecule has 0 amide bonds. The summed E-state index contributed by atoms with van der Waals surface area (Å²) in [6, 6.07) is 16.4. The molecule has 2 saturated heterocycles. The summed E-state index contributed by atoms with van der Waals surface area (Å²) >= 11 is 0. The predicted octanol–water partition coefficient (Wildman–Crippen LogP) is 3.78. The molecule has 2 aromatic carbocycles. The van der Waals surface area contributed by atoms with Gasteiger partial charge in [-0.25, -0.2) is 0 Å². The Morgan fingerprint density at radius 1 is 0.538 bits per heavy atom. The van der Waals surface area contributed by atoms with Gasteiger partial charge in [-0.15, -0.1) is 0 Å². The van der Waals surface area contributed by atoms with Crippen LogP contribution in [0.4, 0.5) is 22.7 Å². The molecule has 2 aromatic rings. The van der Waals surface area contributed by atoms with Gasteiger partial charge in [0.25, 0.3) is 0 Å². The van der Waals surface area contributed by atoms with Gasteiger partial charge < -0.3 is 19.3 Å². The second-order valence-corrected chi connectivity index (χ2v) is 6.43. The van der Waals surface area contributed by atoms with Crippen molar-refractivity contribution in [3.05, 3.63) is 48.5 Å². The third-order valence-electron chi connectivity index (χ3n) is 4.73. The van der Waals surface area contributed by atoms with Gasteiger partial charge in [0.05, 0.1) is 37.8 Å². The molecule has 2 aliphatic heterocycles. The molecular formula is C20H24N4O2. The van der Waals surface area contributed by atoms with E-state index >= 15 is 0 Å². The van der Waals surface area contributed by atoms with Gasteiger partial charge in [0.2, 0.25) is 0 Å². The molecule has 0 radical (unpaired) electrons. The minimum atomic E-state index is 0.794. The topological polar surface area (TPSA) is 49.7 Å². The van der Waals surface area contributed by atoms with E-state index in [1.807, 2.05) is 24.3 Å². The smallest absolute Gasteiger partial charge is 0.0858 e. The summed E-state index contributed by atoms with van der Waals surface area (Å²) in [4.78, 5) is 4.66. The average molecular weight is 352 g/mol. The van der Waals surface area contributed by atoms with E-state index in [9.17, 15) is 0 Å². The first kappa shape index (κ1) is 17.0. The maximum Gasteiger partial charge on any atom is 0.0858 e. The van der Waals surface area contributed by atoms with Crippen molar-refractivity contribution in [1.29, 1.82) is 0 Å². The molecule has 0 spiro atoms. The molecule has 0 unspecified atom stereocenters. The van der Waals surface area contributed by atoms with Crippen molar-refractivity contribution in [1.82, 2.24) is 0 Å². The molecule has 0 bridgehead atoms. The minimum absolute atomic E-state index is 0.794. The van der Waals surface area contributed by atoms with Crippen LogP contribution in [0.25, 0.3) is 0 Å². The summed E-state index contributed by atoms with van der Waals surface area (Å²) in [7, 11) is 0. The fourth-order valence-corrected chi connectivity index (χ4v) is 3.22. The third kappa shape index (κ3) is 4.20. The van der Waals surface area contributed by atoms with Crippen molar-refractivity contribution in [2.75, 3.05) is 62.4 Å². The molecule has 0 atom stereocenters. The molecule has 0 saturated carbocycles. The Labute approximate surface area is 154 Å². The van der Waals surface area contributed by atoms with Crippen LogP contribution >= 0.6 is 0 Å². The highest BCUT2D eigenvalue weighted by atomic mass is 16.5. The van der Waals surface area contributed by atoms with Gasteiger partial charge >= 0.3 is 0 Å². The highest BCUT2D eigenvalue weighted by Gasteiger charge is 2.11. The summed E-state index contributed by atoms with van der Waals surface area (Å²) < 4.78 is 10.8. The van der Waals surface area contributed by atoms with Crippen molar-refractivity contribution >= 4 is 22.7 Å². The summed E-state index contributed by atoms with van der Waals surface area (Å²) in [5, 5.41) is 8.71. The van der Waals surface area contributed by atoms with Crippen LogP contribution in [0.15, 0.2) is 58.8 Å². The SMILES string of the molecule is c1cc(N2CCOCC2)ccc1N=Nc1ccc(N2CCOCC2)cc1. The Kier molecular flexibility index (Phi) is 5.42. The number of ether oxygens (including phenoxy) is 2. The number of rotatable bonds is 4. The Morgan fingerprint density at radius 2 is 0.885 bits per heavy atom. The second kappa shape index (κ2) is 8.29. The van der Waals surface area contributed by atoms with Gasteiger partial charge in [-0.05, 0) is 48.5 Å². The first-order valence-electron chi connectivity index (χ1n) is 9.16. The molecule has 26 heavy (non-hydrogen) atoms. The molecule has 2 aliphatic rings. The molecule has 4 rings (SSSR count). The lowest BCUT2D eigenvalue weighted by Gasteiger charge is -2.28. The largest absolute Gasteiger partial charge is 0.378 e. The lowest BCUT2D eigenvalue weighted by molar-refractivity contribution is 0.122. The molecule has 2 fully saturated rings. The number of hydrogen-bond donors (Lipinski definition) is 0. The molecule has 0 aliphatic carbocycles. The van der Waals surface area contributed by atoms with E-state index < -0.39 is 0 Å². The fourth-order valence-electron chi connectivity index (χ4n) is 3.22. The first-order chi connectivity index (χ1) is 12.9. The van der Waals surface area contributed by atoms with Crippen LogP contribution in [0.5, 0.6) is 0 Å². The molecular weight excluding hydrogens is 328 g/mol. The van der Waals surface area contributed by atoms with Crippen molar-refractivity contribution in [3.63, 3.8) is 0 Å². The van der Waals surface area contributed by atoms with E-state index in [0.717, 1.165) is 64.0 Å². The predicted molar refractivity (Wildman–Crippen MR) is 103 cm³/mol. The quantitative estimate of drug-likeness (QED) is 0.786. The van der Waals surface area contributed by atoms with Crippen LogP contribution in [0.3, 0.4) is 0 Å². The zero-order chi connectivity index (χ0) is 17.6.